The largest absolute Gasteiger partial charge is 0.392 e. The molecule has 0 saturated heterocycles. The first-order valence-electron chi connectivity index (χ1n) is 8.39. The third kappa shape index (κ3) is 4.45. The van der Waals surface area contributed by atoms with Crippen molar-refractivity contribution >= 4 is 0 Å². The smallest absolute Gasteiger partial charge is 0.0608 e. The minimum atomic E-state index is -0.286. The van der Waals surface area contributed by atoms with Gasteiger partial charge in [0.1, 0.15) is 0 Å². The zero-order chi connectivity index (χ0) is 15.8. The van der Waals surface area contributed by atoms with E-state index in [1.165, 1.54) is 29.5 Å². The van der Waals surface area contributed by atoms with Gasteiger partial charge in [-0.2, -0.15) is 0 Å². The topological polar surface area (TPSA) is 20.2 Å². The standard InChI is InChI=1S/C21H27O/c1-3-5-7-12-21(22)20(4-2)19-15-13-18(14-16-19)17-10-8-6-9-11-17/h6,8-11,13-16,20-22H,2-5,7,12H2,1H3. The minimum absolute atomic E-state index is 0.140. The molecule has 0 aliphatic heterocycles. The molecule has 1 nitrogen and oxygen atoms in total. The molecule has 1 heteroatoms. The van der Waals surface area contributed by atoms with Crippen molar-refractivity contribution in [2.45, 2.75) is 51.0 Å². The number of unbranched alkanes of at least 4 members (excludes halogenated alkanes) is 2. The highest BCUT2D eigenvalue weighted by molar-refractivity contribution is 5.63. The van der Waals surface area contributed by atoms with E-state index in [1.807, 2.05) is 6.07 Å². The van der Waals surface area contributed by atoms with Crippen LogP contribution in [0, 0.1) is 6.92 Å². The molecule has 0 amide bonds. The van der Waals surface area contributed by atoms with Crippen molar-refractivity contribution in [2.24, 2.45) is 0 Å². The fourth-order valence-corrected chi connectivity index (χ4v) is 2.94. The minimum Gasteiger partial charge on any atom is -0.392 e. The summed E-state index contributed by atoms with van der Waals surface area (Å²) >= 11 is 0. The lowest BCUT2D eigenvalue weighted by atomic mass is 9.87. The number of rotatable bonds is 8. The van der Waals surface area contributed by atoms with Crippen LogP contribution in [0.5, 0.6) is 0 Å². The lowest BCUT2D eigenvalue weighted by Gasteiger charge is -2.22. The second kappa shape index (κ2) is 8.75. The molecule has 0 bridgehead atoms. The first-order valence-corrected chi connectivity index (χ1v) is 8.39. The van der Waals surface area contributed by atoms with Gasteiger partial charge in [0.25, 0.3) is 0 Å². The molecule has 0 heterocycles. The van der Waals surface area contributed by atoms with Gasteiger partial charge < -0.3 is 5.11 Å². The Balaban J connectivity index is 2.07. The van der Waals surface area contributed by atoms with Crippen LogP contribution in [0.25, 0.3) is 11.1 Å². The van der Waals surface area contributed by atoms with E-state index in [0.717, 1.165) is 19.3 Å². The summed E-state index contributed by atoms with van der Waals surface area (Å²) in [4.78, 5) is 0. The Labute approximate surface area is 135 Å². The quantitative estimate of drug-likeness (QED) is 0.628. The van der Waals surface area contributed by atoms with E-state index in [9.17, 15) is 5.11 Å². The van der Waals surface area contributed by atoms with Gasteiger partial charge in [0.05, 0.1) is 6.10 Å². The second-order valence-electron chi connectivity index (χ2n) is 5.95. The molecular formula is C21H27O. The monoisotopic (exact) mass is 295 g/mol. The first kappa shape index (κ1) is 16.8. The predicted molar refractivity (Wildman–Crippen MR) is 94.7 cm³/mol. The summed E-state index contributed by atoms with van der Waals surface area (Å²) in [6, 6.07) is 18.9. The molecule has 1 N–H and O–H groups in total. The maximum Gasteiger partial charge on any atom is 0.0608 e. The van der Waals surface area contributed by atoms with Crippen molar-refractivity contribution in [2.75, 3.05) is 0 Å². The lowest BCUT2D eigenvalue weighted by Crippen LogP contribution is -2.18. The van der Waals surface area contributed by atoms with Crippen LogP contribution in [0.4, 0.5) is 0 Å². The predicted octanol–water partition coefficient (Wildman–Crippen LogP) is 5.60. The van der Waals surface area contributed by atoms with Crippen molar-refractivity contribution < 1.29 is 5.11 Å². The number of benzene rings is 2. The molecule has 2 aromatic rings. The van der Waals surface area contributed by atoms with Crippen LogP contribution in [0.3, 0.4) is 0 Å². The van der Waals surface area contributed by atoms with E-state index in [4.69, 9.17) is 0 Å². The summed E-state index contributed by atoms with van der Waals surface area (Å²) in [5.74, 6) is 0.140. The average molecular weight is 295 g/mol. The van der Waals surface area contributed by atoms with E-state index in [1.54, 1.807) is 0 Å². The van der Waals surface area contributed by atoms with Crippen molar-refractivity contribution in [3.05, 3.63) is 67.1 Å². The highest BCUT2D eigenvalue weighted by Crippen LogP contribution is 2.28. The van der Waals surface area contributed by atoms with Gasteiger partial charge in [-0.05, 0) is 29.5 Å². The molecule has 117 valence electrons. The van der Waals surface area contributed by atoms with Crippen LogP contribution in [-0.4, -0.2) is 11.2 Å². The van der Waals surface area contributed by atoms with Gasteiger partial charge in [-0.25, -0.2) is 0 Å². The number of hydrogen-bond acceptors (Lipinski definition) is 1. The van der Waals surface area contributed by atoms with Gasteiger partial charge in [-0.1, -0.05) is 87.7 Å². The van der Waals surface area contributed by atoms with E-state index in [2.05, 4.69) is 62.4 Å². The van der Waals surface area contributed by atoms with Gasteiger partial charge in [-0.15, -0.1) is 0 Å². The Morgan fingerprint density at radius 1 is 0.909 bits per heavy atom. The van der Waals surface area contributed by atoms with Crippen LogP contribution < -0.4 is 0 Å². The van der Waals surface area contributed by atoms with Crippen molar-refractivity contribution in [1.29, 1.82) is 0 Å². The summed E-state index contributed by atoms with van der Waals surface area (Å²) in [5.41, 5.74) is 3.63. The highest BCUT2D eigenvalue weighted by Gasteiger charge is 2.19. The number of hydrogen-bond donors (Lipinski definition) is 1. The molecule has 2 aromatic carbocycles. The van der Waals surface area contributed by atoms with Crippen LogP contribution in [0.1, 0.15) is 50.5 Å². The first-order chi connectivity index (χ1) is 10.8. The van der Waals surface area contributed by atoms with Crippen LogP contribution >= 0.6 is 0 Å². The van der Waals surface area contributed by atoms with Crippen molar-refractivity contribution in [3.63, 3.8) is 0 Å². The molecule has 2 unspecified atom stereocenters. The van der Waals surface area contributed by atoms with Crippen molar-refractivity contribution in [3.8, 4) is 11.1 Å². The summed E-state index contributed by atoms with van der Waals surface area (Å²) in [5, 5.41) is 10.4. The van der Waals surface area contributed by atoms with E-state index in [-0.39, 0.29) is 12.0 Å². The van der Waals surface area contributed by atoms with Crippen LogP contribution in [-0.2, 0) is 0 Å². The maximum atomic E-state index is 10.4. The summed E-state index contributed by atoms with van der Waals surface area (Å²) in [7, 11) is 0. The summed E-state index contributed by atoms with van der Waals surface area (Å²) in [6.07, 6.45) is 4.79. The Hall–Kier alpha value is -1.60. The second-order valence-corrected chi connectivity index (χ2v) is 5.95. The third-order valence-corrected chi connectivity index (χ3v) is 4.32. The Kier molecular flexibility index (Phi) is 6.67. The number of aliphatic hydroxyl groups is 1. The maximum absolute atomic E-state index is 10.4. The Morgan fingerprint density at radius 3 is 2.14 bits per heavy atom. The molecular weight excluding hydrogens is 268 g/mol. The van der Waals surface area contributed by atoms with Gasteiger partial charge in [-0.3, -0.25) is 0 Å². The fourth-order valence-electron chi connectivity index (χ4n) is 2.94. The lowest BCUT2D eigenvalue weighted by molar-refractivity contribution is 0.130. The van der Waals surface area contributed by atoms with E-state index < -0.39 is 0 Å². The molecule has 0 aliphatic rings. The van der Waals surface area contributed by atoms with Crippen molar-refractivity contribution in [1.82, 2.24) is 0 Å². The zero-order valence-electron chi connectivity index (χ0n) is 13.5. The normalized spacial score (nSPS) is 13.8. The highest BCUT2D eigenvalue weighted by atomic mass is 16.3. The SMILES string of the molecule is [CH2]CC(c1ccc(-c2ccccc2)cc1)C(O)CCCCC. The third-order valence-electron chi connectivity index (χ3n) is 4.32. The van der Waals surface area contributed by atoms with Gasteiger partial charge in [0.15, 0.2) is 0 Å². The fraction of sp³-hybridized carbons (Fsp3) is 0.381. The van der Waals surface area contributed by atoms with Crippen LogP contribution in [0.2, 0.25) is 0 Å². The van der Waals surface area contributed by atoms with Gasteiger partial charge >= 0.3 is 0 Å². The van der Waals surface area contributed by atoms with E-state index in [0.29, 0.717) is 0 Å². The molecule has 1 radical (unpaired) electrons. The molecule has 0 spiro atoms. The van der Waals surface area contributed by atoms with Gasteiger partial charge in [0.2, 0.25) is 0 Å². The molecule has 22 heavy (non-hydrogen) atoms. The van der Waals surface area contributed by atoms with Crippen LogP contribution in [0.15, 0.2) is 54.6 Å². The average Bonchev–Trinajstić information content (AvgIpc) is 2.57. The Bertz CT molecular complexity index is 530. The molecule has 0 aromatic heterocycles. The molecule has 0 aliphatic carbocycles. The van der Waals surface area contributed by atoms with Gasteiger partial charge in [0, 0.05) is 5.92 Å². The molecule has 2 rings (SSSR count). The molecule has 0 fully saturated rings. The zero-order valence-corrected chi connectivity index (χ0v) is 13.5. The Morgan fingerprint density at radius 2 is 1.55 bits per heavy atom. The summed E-state index contributed by atoms with van der Waals surface area (Å²) < 4.78 is 0. The summed E-state index contributed by atoms with van der Waals surface area (Å²) in [6.45, 7) is 6.22. The molecule has 2 atom stereocenters. The molecule has 0 saturated carbocycles. The van der Waals surface area contributed by atoms with E-state index >= 15 is 0 Å². The number of aliphatic hydroxyl groups excluding tert-OH is 1.